The second kappa shape index (κ2) is 6.95. The lowest BCUT2D eigenvalue weighted by molar-refractivity contribution is 0.0531. The zero-order chi connectivity index (χ0) is 12.1. The SMILES string of the molecule is Clc1ccccc1C(CI)OCCC1CCC1. The molecule has 1 nitrogen and oxygen atoms in total. The third-order valence-corrected chi connectivity index (χ3v) is 4.61. The first kappa shape index (κ1) is 13.6. The third kappa shape index (κ3) is 3.83. The van der Waals surface area contributed by atoms with Crippen LogP contribution < -0.4 is 0 Å². The van der Waals surface area contributed by atoms with Gasteiger partial charge in [-0.3, -0.25) is 0 Å². The molecular formula is C14H18ClIO. The predicted octanol–water partition coefficient (Wildman–Crippen LogP) is 5.02. The van der Waals surface area contributed by atoms with E-state index in [0.29, 0.717) is 0 Å². The molecule has 0 spiro atoms. The zero-order valence-corrected chi connectivity index (χ0v) is 12.8. The normalized spacial score (nSPS) is 17.8. The lowest BCUT2D eigenvalue weighted by Crippen LogP contribution is -2.15. The average Bonchev–Trinajstić information content (AvgIpc) is 2.28. The molecule has 1 aromatic carbocycles. The van der Waals surface area contributed by atoms with Crippen molar-refractivity contribution in [2.24, 2.45) is 5.92 Å². The molecule has 1 aliphatic rings. The Labute approximate surface area is 122 Å². The first-order chi connectivity index (χ1) is 8.31. The summed E-state index contributed by atoms with van der Waals surface area (Å²) in [7, 11) is 0. The number of rotatable bonds is 6. The first-order valence-corrected chi connectivity index (χ1v) is 8.13. The van der Waals surface area contributed by atoms with Gasteiger partial charge < -0.3 is 4.74 Å². The molecule has 1 unspecified atom stereocenters. The minimum absolute atomic E-state index is 0.143. The smallest absolute Gasteiger partial charge is 0.0928 e. The van der Waals surface area contributed by atoms with E-state index in [1.54, 1.807) is 0 Å². The maximum Gasteiger partial charge on any atom is 0.0928 e. The van der Waals surface area contributed by atoms with E-state index in [-0.39, 0.29) is 6.10 Å². The molecule has 0 saturated heterocycles. The summed E-state index contributed by atoms with van der Waals surface area (Å²) in [4.78, 5) is 0. The van der Waals surface area contributed by atoms with Gasteiger partial charge in [-0.15, -0.1) is 0 Å². The van der Waals surface area contributed by atoms with Crippen molar-refractivity contribution in [1.29, 1.82) is 0 Å². The Morgan fingerprint density at radius 2 is 2.12 bits per heavy atom. The summed E-state index contributed by atoms with van der Waals surface area (Å²) in [5.74, 6) is 0.913. The van der Waals surface area contributed by atoms with Gasteiger partial charge in [-0.05, 0) is 18.4 Å². The Morgan fingerprint density at radius 3 is 2.71 bits per heavy atom. The molecule has 0 radical (unpaired) electrons. The van der Waals surface area contributed by atoms with E-state index >= 15 is 0 Å². The van der Waals surface area contributed by atoms with Crippen molar-refractivity contribution in [3.63, 3.8) is 0 Å². The average molecular weight is 365 g/mol. The van der Waals surface area contributed by atoms with Gasteiger partial charge >= 0.3 is 0 Å². The lowest BCUT2D eigenvalue weighted by Gasteiger charge is -2.26. The minimum Gasteiger partial charge on any atom is -0.373 e. The molecule has 94 valence electrons. The maximum absolute atomic E-state index is 6.19. The fourth-order valence-corrected chi connectivity index (χ4v) is 3.10. The summed E-state index contributed by atoms with van der Waals surface area (Å²) in [6.45, 7) is 0.865. The summed E-state index contributed by atoms with van der Waals surface area (Å²) < 4.78 is 6.92. The molecule has 1 aliphatic carbocycles. The highest BCUT2D eigenvalue weighted by Crippen LogP contribution is 2.31. The number of benzene rings is 1. The molecule has 0 heterocycles. The van der Waals surface area contributed by atoms with Crippen LogP contribution in [-0.2, 0) is 4.74 Å². The van der Waals surface area contributed by atoms with Crippen LogP contribution in [0.2, 0.25) is 5.02 Å². The lowest BCUT2D eigenvalue weighted by atomic mass is 9.83. The van der Waals surface area contributed by atoms with Crippen molar-refractivity contribution < 1.29 is 4.74 Å². The van der Waals surface area contributed by atoms with Crippen molar-refractivity contribution in [3.05, 3.63) is 34.9 Å². The van der Waals surface area contributed by atoms with Crippen LogP contribution in [0, 0.1) is 5.92 Å². The number of hydrogen-bond acceptors (Lipinski definition) is 1. The standard InChI is InChI=1S/C14H18ClIO/c15-13-7-2-1-6-12(13)14(10-16)17-9-8-11-4-3-5-11/h1-2,6-7,11,14H,3-5,8-10H2. The summed E-state index contributed by atoms with van der Waals surface area (Å²) in [5.41, 5.74) is 1.12. The highest BCUT2D eigenvalue weighted by Gasteiger charge is 2.19. The Morgan fingerprint density at radius 1 is 1.35 bits per heavy atom. The van der Waals surface area contributed by atoms with E-state index in [0.717, 1.165) is 27.5 Å². The molecule has 3 heteroatoms. The molecule has 0 amide bonds. The molecule has 1 saturated carbocycles. The van der Waals surface area contributed by atoms with E-state index in [1.807, 2.05) is 18.2 Å². The van der Waals surface area contributed by atoms with Crippen LogP contribution in [0.5, 0.6) is 0 Å². The van der Waals surface area contributed by atoms with Gasteiger partial charge in [0.1, 0.15) is 0 Å². The fraction of sp³-hybridized carbons (Fsp3) is 0.571. The van der Waals surface area contributed by atoms with E-state index in [4.69, 9.17) is 16.3 Å². The van der Waals surface area contributed by atoms with Gasteiger partial charge in [0.25, 0.3) is 0 Å². The van der Waals surface area contributed by atoms with Crippen molar-refractivity contribution in [2.75, 3.05) is 11.0 Å². The number of alkyl halides is 1. The van der Waals surface area contributed by atoms with Gasteiger partial charge in [-0.1, -0.05) is 71.7 Å². The quantitative estimate of drug-likeness (QED) is 0.508. The van der Waals surface area contributed by atoms with Crippen LogP contribution in [0.3, 0.4) is 0 Å². The molecule has 1 fully saturated rings. The van der Waals surface area contributed by atoms with Crippen LogP contribution in [0.4, 0.5) is 0 Å². The van der Waals surface area contributed by atoms with Crippen LogP contribution in [-0.4, -0.2) is 11.0 Å². The van der Waals surface area contributed by atoms with Crippen LogP contribution in [0.25, 0.3) is 0 Å². The summed E-state index contributed by atoms with van der Waals surface area (Å²) >= 11 is 8.56. The fourth-order valence-electron chi connectivity index (χ4n) is 2.11. The summed E-state index contributed by atoms with van der Waals surface area (Å²) in [5, 5.41) is 0.817. The highest BCUT2D eigenvalue weighted by molar-refractivity contribution is 14.1. The van der Waals surface area contributed by atoms with Gasteiger partial charge in [0, 0.05) is 21.6 Å². The first-order valence-electron chi connectivity index (χ1n) is 6.23. The number of hydrogen-bond donors (Lipinski definition) is 0. The van der Waals surface area contributed by atoms with Gasteiger partial charge in [-0.2, -0.15) is 0 Å². The Bertz CT molecular complexity index is 352. The molecule has 0 N–H and O–H groups in total. The Hall–Kier alpha value is 0.200. The maximum atomic E-state index is 6.19. The summed E-state index contributed by atoms with van der Waals surface area (Å²) in [6, 6.07) is 7.99. The third-order valence-electron chi connectivity index (χ3n) is 3.46. The van der Waals surface area contributed by atoms with Gasteiger partial charge in [-0.25, -0.2) is 0 Å². The second-order valence-electron chi connectivity index (χ2n) is 4.62. The minimum atomic E-state index is 0.143. The van der Waals surface area contributed by atoms with Gasteiger partial charge in [0.05, 0.1) is 6.10 Å². The van der Waals surface area contributed by atoms with Gasteiger partial charge in [0.15, 0.2) is 0 Å². The highest BCUT2D eigenvalue weighted by atomic mass is 127. The molecule has 1 aromatic rings. The van der Waals surface area contributed by atoms with Crippen molar-refractivity contribution in [1.82, 2.24) is 0 Å². The largest absolute Gasteiger partial charge is 0.373 e. The summed E-state index contributed by atoms with van der Waals surface area (Å²) in [6.07, 6.45) is 5.54. The topological polar surface area (TPSA) is 9.23 Å². The molecular weight excluding hydrogens is 347 g/mol. The molecule has 17 heavy (non-hydrogen) atoms. The van der Waals surface area contributed by atoms with Crippen LogP contribution in [0.1, 0.15) is 37.4 Å². The number of halogens is 2. The van der Waals surface area contributed by atoms with E-state index in [1.165, 1.54) is 25.7 Å². The van der Waals surface area contributed by atoms with Crippen LogP contribution >= 0.6 is 34.2 Å². The van der Waals surface area contributed by atoms with Crippen molar-refractivity contribution >= 4 is 34.2 Å². The zero-order valence-electron chi connectivity index (χ0n) is 9.87. The predicted molar refractivity (Wildman–Crippen MR) is 81.0 cm³/mol. The molecule has 0 aromatic heterocycles. The molecule has 1 atom stereocenters. The van der Waals surface area contributed by atoms with Crippen molar-refractivity contribution in [2.45, 2.75) is 31.8 Å². The monoisotopic (exact) mass is 364 g/mol. The van der Waals surface area contributed by atoms with E-state index in [9.17, 15) is 0 Å². The van der Waals surface area contributed by atoms with E-state index in [2.05, 4.69) is 28.7 Å². The molecule has 0 bridgehead atoms. The van der Waals surface area contributed by atoms with Crippen LogP contribution in [0.15, 0.2) is 24.3 Å². The molecule has 0 aliphatic heterocycles. The molecule has 2 rings (SSSR count). The Kier molecular flexibility index (Phi) is 5.57. The Balaban J connectivity index is 1.85. The second-order valence-corrected chi connectivity index (χ2v) is 5.91. The van der Waals surface area contributed by atoms with E-state index < -0.39 is 0 Å². The van der Waals surface area contributed by atoms with Gasteiger partial charge in [0.2, 0.25) is 0 Å². The van der Waals surface area contributed by atoms with Crippen molar-refractivity contribution in [3.8, 4) is 0 Å². The number of ether oxygens (including phenoxy) is 1.